The maximum Gasteiger partial charge on any atom is 0.217 e. The van der Waals surface area contributed by atoms with E-state index in [2.05, 4.69) is 0 Å². The predicted octanol–water partition coefficient (Wildman–Crippen LogP) is 0.721. The first-order valence-electron chi connectivity index (χ1n) is 3.56. The number of amides is 1. The van der Waals surface area contributed by atoms with E-state index < -0.39 is 0 Å². The molecule has 11 heavy (non-hydrogen) atoms. The van der Waals surface area contributed by atoms with Crippen molar-refractivity contribution in [2.75, 3.05) is 0 Å². The molecule has 3 heteroatoms. The molecule has 1 rings (SSSR count). The van der Waals surface area contributed by atoms with Crippen molar-refractivity contribution in [1.29, 1.82) is 0 Å². The largest absolute Gasteiger partial charge is 0.494 e. The topological polar surface area (TPSA) is 52.3 Å². The van der Waals surface area contributed by atoms with Crippen LogP contribution in [0.25, 0.3) is 0 Å². The normalized spacial score (nSPS) is 21.3. The number of carbonyl (C=O) groups excluding carboxylic acids is 1. The molecule has 0 aromatic heterocycles. The Kier molecular flexibility index (Phi) is 2.72. The van der Waals surface area contributed by atoms with Crippen LogP contribution in [0.5, 0.6) is 0 Å². The summed E-state index contributed by atoms with van der Waals surface area (Å²) >= 11 is 0. The van der Waals surface area contributed by atoms with Crippen molar-refractivity contribution in [3.05, 3.63) is 24.5 Å². The smallest absolute Gasteiger partial charge is 0.217 e. The summed E-state index contributed by atoms with van der Waals surface area (Å²) in [6, 6.07) is 0. The number of allylic oxidation sites excluding steroid dienone is 2. The molecule has 0 saturated heterocycles. The molecule has 0 fully saturated rings. The average Bonchev–Trinajstić information content (AvgIpc) is 2.03. The molecule has 0 radical (unpaired) electrons. The molecule has 0 aromatic rings. The Morgan fingerprint density at radius 1 is 1.55 bits per heavy atom. The molecule has 0 aromatic carbocycles. The van der Waals surface area contributed by atoms with Crippen molar-refractivity contribution in [1.82, 2.24) is 0 Å². The van der Waals surface area contributed by atoms with Crippen LogP contribution in [0.1, 0.15) is 12.8 Å². The van der Waals surface area contributed by atoms with E-state index in [9.17, 15) is 4.79 Å². The minimum atomic E-state index is -0.281. The van der Waals surface area contributed by atoms with Crippen molar-refractivity contribution in [3.8, 4) is 0 Å². The van der Waals surface area contributed by atoms with Gasteiger partial charge >= 0.3 is 0 Å². The van der Waals surface area contributed by atoms with Crippen molar-refractivity contribution < 1.29 is 9.53 Å². The molecular weight excluding hydrogens is 142 g/mol. The fraction of sp³-hybridized carbons (Fsp3) is 0.375. The Labute approximate surface area is 65.5 Å². The molecule has 0 bridgehead atoms. The van der Waals surface area contributed by atoms with E-state index >= 15 is 0 Å². The van der Waals surface area contributed by atoms with Gasteiger partial charge in [-0.05, 0) is 18.6 Å². The van der Waals surface area contributed by atoms with Gasteiger partial charge in [0.1, 0.15) is 6.10 Å². The highest BCUT2D eigenvalue weighted by atomic mass is 16.5. The lowest BCUT2D eigenvalue weighted by atomic mass is 10.1. The van der Waals surface area contributed by atoms with Crippen LogP contribution in [0.3, 0.4) is 0 Å². The summed E-state index contributed by atoms with van der Waals surface area (Å²) in [7, 11) is 0. The van der Waals surface area contributed by atoms with Gasteiger partial charge in [-0.25, -0.2) is 0 Å². The number of ether oxygens (including phenoxy) is 1. The minimum absolute atomic E-state index is 0.0208. The molecule has 1 aliphatic heterocycles. The van der Waals surface area contributed by atoms with Gasteiger partial charge in [0, 0.05) is 6.42 Å². The van der Waals surface area contributed by atoms with Crippen LogP contribution >= 0.6 is 0 Å². The third-order valence-electron chi connectivity index (χ3n) is 1.44. The lowest BCUT2D eigenvalue weighted by molar-refractivity contribution is -0.118. The van der Waals surface area contributed by atoms with Crippen LogP contribution in [0.15, 0.2) is 24.5 Å². The zero-order valence-corrected chi connectivity index (χ0v) is 6.19. The average molecular weight is 153 g/mol. The number of carbonyl (C=O) groups is 1. The highest BCUT2D eigenvalue weighted by Crippen LogP contribution is 2.07. The number of hydrogen-bond acceptors (Lipinski definition) is 2. The second-order valence-corrected chi connectivity index (χ2v) is 2.39. The summed E-state index contributed by atoms with van der Waals surface area (Å²) in [5.74, 6) is -0.281. The third kappa shape index (κ3) is 2.89. The molecule has 0 aliphatic carbocycles. The lowest BCUT2D eigenvalue weighted by Crippen LogP contribution is -2.15. The molecule has 0 saturated carbocycles. The Balaban J connectivity index is 2.22. The Morgan fingerprint density at radius 2 is 2.36 bits per heavy atom. The number of primary amides is 1. The van der Waals surface area contributed by atoms with Crippen molar-refractivity contribution in [2.45, 2.75) is 18.9 Å². The number of rotatable bonds is 3. The van der Waals surface area contributed by atoms with E-state index in [-0.39, 0.29) is 12.0 Å². The van der Waals surface area contributed by atoms with Gasteiger partial charge in [0.15, 0.2) is 0 Å². The molecule has 0 spiro atoms. The van der Waals surface area contributed by atoms with Gasteiger partial charge in [-0.2, -0.15) is 0 Å². The lowest BCUT2D eigenvalue weighted by Gasteiger charge is -2.13. The summed E-state index contributed by atoms with van der Waals surface area (Å²) in [6.07, 6.45) is 8.29. The van der Waals surface area contributed by atoms with Gasteiger partial charge in [0.05, 0.1) is 6.26 Å². The molecule has 3 nitrogen and oxygen atoms in total. The van der Waals surface area contributed by atoms with Crippen LogP contribution < -0.4 is 5.73 Å². The predicted molar refractivity (Wildman–Crippen MR) is 41.6 cm³/mol. The molecule has 1 unspecified atom stereocenters. The van der Waals surface area contributed by atoms with Crippen molar-refractivity contribution in [2.24, 2.45) is 5.73 Å². The SMILES string of the molecule is NC(=O)CCC1C=CC=CO1. The first-order valence-corrected chi connectivity index (χ1v) is 3.56. The Morgan fingerprint density at radius 3 is 2.91 bits per heavy atom. The van der Waals surface area contributed by atoms with Crippen LogP contribution in [0.4, 0.5) is 0 Å². The summed E-state index contributed by atoms with van der Waals surface area (Å²) in [5.41, 5.74) is 4.97. The van der Waals surface area contributed by atoms with E-state index in [4.69, 9.17) is 10.5 Å². The van der Waals surface area contributed by atoms with Gasteiger partial charge in [0.25, 0.3) is 0 Å². The summed E-state index contributed by atoms with van der Waals surface area (Å²) in [6.45, 7) is 0. The van der Waals surface area contributed by atoms with E-state index in [1.54, 1.807) is 12.3 Å². The second-order valence-electron chi connectivity index (χ2n) is 2.39. The minimum Gasteiger partial charge on any atom is -0.494 e. The van der Waals surface area contributed by atoms with Gasteiger partial charge in [0.2, 0.25) is 5.91 Å². The zero-order valence-electron chi connectivity index (χ0n) is 6.19. The molecule has 2 N–H and O–H groups in total. The molecule has 1 aliphatic rings. The van der Waals surface area contributed by atoms with Crippen molar-refractivity contribution in [3.63, 3.8) is 0 Å². The van der Waals surface area contributed by atoms with Gasteiger partial charge < -0.3 is 10.5 Å². The fourth-order valence-corrected chi connectivity index (χ4v) is 0.874. The van der Waals surface area contributed by atoms with E-state index in [1.807, 2.05) is 12.2 Å². The second kappa shape index (κ2) is 3.81. The molecular formula is C8H11NO2. The maximum absolute atomic E-state index is 10.4. The molecule has 1 atom stereocenters. The zero-order chi connectivity index (χ0) is 8.10. The third-order valence-corrected chi connectivity index (χ3v) is 1.44. The van der Waals surface area contributed by atoms with Crippen LogP contribution in [0.2, 0.25) is 0 Å². The summed E-state index contributed by atoms with van der Waals surface area (Å²) < 4.78 is 5.15. The first-order chi connectivity index (χ1) is 5.29. The highest BCUT2D eigenvalue weighted by Gasteiger charge is 2.06. The maximum atomic E-state index is 10.4. The van der Waals surface area contributed by atoms with Gasteiger partial charge in [-0.3, -0.25) is 4.79 Å². The summed E-state index contributed by atoms with van der Waals surface area (Å²) in [4.78, 5) is 10.4. The first kappa shape index (κ1) is 7.85. The van der Waals surface area contributed by atoms with Crippen LogP contribution in [0, 0.1) is 0 Å². The van der Waals surface area contributed by atoms with Crippen LogP contribution in [-0.4, -0.2) is 12.0 Å². The Hall–Kier alpha value is -1.25. The van der Waals surface area contributed by atoms with E-state index in [0.717, 1.165) is 0 Å². The van der Waals surface area contributed by atoms with E-state index in [1.165, 1.54) is 0 Å². The Bertz CT molecular complexity index is 196. The standard InChI is InChI=1S/C8H11NO2/c9-8(10)5-4-7-3-1-2-6-11-7/h1-3,6-7H,4-5H2,(H2,9,10). The summed E-state index contributed by atoms with van der Waals surface area (Å²) in [5, 5.41) is 0. The fourth-order valence-electron chi connectivity index (χ4n) is 0.874. The quantitative estimate of drug-likeness (QED) is 0.649. The van der Waals surface area contributed by atoms with Gasteiger partial charge in [-0.1, -0.05) is 6.08 Å². The van der Waals surface area contributed by atoms with Crippen molar-refractivity contribution >= 4 is 5.91 Å². The number of nitrogens with two attached hydrogens (primary N) is 1. The molecule has 1 amide bonds. The van der Waals surface area contributed by atoms with Gasteiger partial charge in [-0.15, -0.1) is 0 Å². The number of hydrogen-bond donors (Lipinski definition) is 1. The molecule has 60 valence electrons. The molecule has 1 heterocycles. The van der Waals surface area contributed by atoms with E-state index in [0.29, 0.717) is 12.8 Å². The monoisotopic (exact) mass is 153 g/mol. The van der Waals surface area contributed by atoms with Crippen LogP contribution in [-0.2, 0) is 9.53 Å². The highest BCUT2D eigenvalue weighted by molar-refractivity contribution is 5.73.